The molecule has 0 bridgehead atoms. The van der Waals surface area contributed by atoms with Crippen molar-refractivity contribution in [2.45, 2.75) is 33.2 Å². The van der Waals surface area contributed by atoms with Crippen LogP contribution in [0, 0.1) is 28.4 Å². The lowest BCUT2D eigenvalue weighted by Gasteiger charge is -2.22. The number of amides is 1. The van der Waals surface area contributed by atoms with E-state index in [0.29, 0.717) is 12.8 Å². The molecule has 0 aliphatic rings. The maximum absolute atomic E-state index is 13.4. The summed E-state index contributed by atoms with van der Waals surface area (Å²) >= 11 is 0. The number of hydrogen-bond donors (Lipinski definition) is 1. The Balaban J connectivity index is 2.76. The van der Waals surface area contributed by atoms with Gasteiger partial charge in [-0.05, 0) is 18.9 Å². The highest BCUT2D eigenvalue weighted by molar-refractivity contribution is 5.85. The summed E-state index contributed by atoms with van der Waals surface area (Å²) in [5.74, 6) is -1.80. The molecule has 0 aliphatic heterocycles. The number of nitrogens with one attached hydrogen (secondary N) is 1. The average Bonchev–Trinajstić information content (AvgIpc) is 2.40. The van der Waals surface area contributed by atoms with E-state index in [-0.39, 0.29) is 12.1 Å². The van der Waals surface area contributed by atoms with Gasteiger partial charge < -0.3 is 5.32 Å². The van der Waals surface area contributed by atoms with E-state index in [0.717, 1.165) is 12.1 Å². The number of carbonyl (C=O) groups is 1. The standard InChI is InChI=1S/C14H16F2N2O/c1-3-14(4-2,9-17)13(19)18-8-10-5-6-11(15)7-12(10)16/h5-7H,3-4,8H2,1-2H3,(H,18,19). The third kappa shape index (κ3) is 3.28. The number of rotatable bonds is 5. The maximum Gasteiger partial charge on any atom is 0.240 e. The molecule has 0 aliphatic carbocycles. The molecule has 0 heterocycles. The smallest absolute Gasteiger partial charge is 0.240 e. The first kappa shape index (κ1) is 15.1. The van der Waals surface area contributed by atoms with Crippen LogP contribution < -0.4 is 5.32 Å². The molecule has 0 unspecified atom stereocenters. The second-order valence-electron chi connectivity index (χ2n) is 4.32. The first-order chi connectivity index (χ1) is 8.99. The zero-order valence-electron chi connectivity index (χ0n) is 11.0. The topological polar surface area (TPSA) is 52.9 Å². The molecular formula is C14H16F2N2O. The molecule has 1 aromatic carbocycles. The maximum atomic E-state index is 13.4. The zero-order chi connectivity index (χ0) is 14.5. The van der Waals surface area contributed by atoms with E-state index < -0.39 is 23.0 Å². The Labute approximate surface area is 111 Å². The third-order valence-corrected chi connectivity index (χ3v) is 3.31. The molecule has 0 radical (unpaired) electrons. The second kappa shape index (κ2) is 6.28. The van der Waals surface area contributed by atoms with Gasteiger partial charge in [0.2, 0.25) is 5.91 Å². The van der Waals surface area contributed by atoms with E-state index in [9.17, 15) is 13.6 Å². The lowest BCUT2D eigenvalue weighted by molar-refractivity contribution is -0.128. The molecule has 1 aromatic rings. The number of nitriles is 1. The van der Waals surface area contributed by atoms with E-state index in [2.05, 4.69) is 5.32 Å². The monoisotopic (exact) mass is 266 g/mol. The number of hydrogen-bond acceptors (Lipinski definition) is 2. The molecule has 0 aromatic heterocycles. The van der Waals surface area contributed by atoms with Gasteiger partial charge in [0.1, 0.15) is 17.0 Å². The van der Waals surface area contributed by atoms with Crippen molar-refractivity contribution in [1.82, 2.24) is 5.32 Å². The fourth-order valence-electron chi connectivity index (χ4n) is 1.79. The summed E-state index contributed by atoms with van der Waals surface area (Å²) < 4.78 is 26.1. The molecule has 3 nitrogen and oxygen atoms in total. The van der Waals surface area contributed by atoms with Crippen LogP contribution in [0.15, 0.2) is 18.2 Å². The van der Waals surface area contributed by atoms with E-state index in [1.807, 2.05) is 6.07 Å². The van der Waals surface area contributed by atoms with Crippen molar-refractivity contribution in [2.75, 3.05) is 0 Å². The number of nitrogens with zero attached hydrogens (tertiary/aromatic N) is 1. The van der Waals surface area contributed by atoms with Crippen molar-refractivity contribution in [2.24, 2.45) is 5.41 Å². The van der Waals surface area contributed by atoms with Gasteiger partial charge in [0.25, 0.3) is 0 Å². The van der Waals surface area contributed by atoms with Gasteiger partial charge in [0.05, 0.1) is 6.07 Å². The van der Waals surface area contributed by atoms with Gasteiger partial charge in [-0.2, -0.15) is 5.26 Å². The van der Waals surface area contributed by atoms with Gasteiger partial charge in [0.15, 0.2) is 0 Å². The van der Waals surface area contributed by atoms with E-state index in [1.165, 1.54) is 6.07 Å². The first-order valence-corrected chi connectivity index (χ1v) is 6.12. The molecule has 102 valence electrons. The summed E-state index contributed by atoms with van der Waals surface area (Å²) in [6, 6.07) is 5.17. The van der Waals surface area contributed by atoms with Crippen molar-refractivity contribution >= 4 is 5.91 Å². The first-order valence-electron chi connectivity index (χ1n) is 6.12. The van der Waals surface area contributed by atoms with Gasteiger partial charge in [-0.15, -0.1) is 0 Å². The second-order valence-corrected chi connectivity index (χ2v) is 4.32. The zero-order valence-corrected chi connectivity index (χ0v) is 11.0. The minimum Gasteiger partial charge on any atom is -0.351 e. The number of halogens is 2. The van der Waals surface area contributed by atoms with Crippen molar-refractivity contribution in [3.8, 4) is 6.07 Å². The van der Waals surface area contributed by atoms with Crippen LogP contribution >= 0.6 is 0 Å². The van der Waals surface area contributed by atoms with Crippen LogP contribution in [0.1, 0.15) is 32.3 Å². The van der Waals surface area contributed by atoms with Gasteiger partial charge in [-0.3, -0.25) is 4.79 Å². The predicted molar refractivity (Wildman–Crippen MR) is 66.8 cm³/mol. The van der Waals surface area contributed by atoms with Crippen LogP contribution in [0.5, 0.6) is 0 Å². The number of carbonyl (C=O) groups excluding carboxylic acids is 1. The molecule has 0 saturated heterocycles. The summed E-state index contributed by atoms with van der Waals surface area (Å²) in [5.41, 5.74) is -0.898. The van der Waals surface area contributed by atoms with Crippen molar-refractivity contribution < 1.29 is 13.6 Å². The Hall–Kier alpha value is -1.96. The van der Waals surface area contributed by atoms with Gasteiger partial charge in [-0.1, -0.05) is 19.9 Å². The normalized spacial score (nSPS) is 10.9. The molecule has 0 atom stereocenters. The van der Waals surface area contributed by atoms with Gasteiger partial charge in [-0.25, -0.2) is 8.78 Å². The fraction of sp³-hybridized carbons (Fsp3) is 0.429. The van der Waals surface area contributed by atoms with Crippen LogP contribution in [-0.4, -0.2) is 5.91 Å². The van der Waals surface area contributed by atoms with Crippen molar-refractivity contribution in [3.05, 3.63) is 35.4 Å². The largest absolute Gasteiger partial charge is 0.351 e. The lowest BCUT2D eigenvalue weighted by Crippen LogP contribution is -2.39. The molecule has 0 spiro atoms. The van der Waals surface area contributed by atoms with E-state index in [1.54, 1.807) is 13.8 Å². The molecular weight excluding hydrogens is 250 g/mol. The Morgan fingerprint density at radius 3 is 2.47 bits per heavy atom. The quantitative estimate of drug-likeness (QED) is 0.890. The summed E-state index contributed by atoms with van der Waals surface area (Å²) in [6.07, 6.45) is 0.773. The highest BCUT2D eigenvalue weighted by Crippen LogP contribution is 2.25. The van der Waals surface area contributed by atoms with Crippen molar-refractivity contribution in [3.63, 3.8) is 0 Å². The molecule has 1 N–H and O–H groups in total. The van der Waals surface area contributed by atoms with Crippen LogP contribution in [-0.2, 0) is 11.3 Å². The van der Waals surface area contributed by atoms with Gasteiger partial charge >= 0.3 is 0 Å². The van der Waals surface area contributed by atoms with Crippen LogP contribution in [0.25, 0.3) is 0 Å². The third-order valence-electron chi connectivity index (χ3n) is 3.31. The van der Waals surface area contributed by atoms with Gasteiger partial charge in [0, 0.05) is 18.2 Å². The Bertz CT molecular complexity index is 505. The molecule has 1 amide bonds. The Morgan fingerprint density at radius 1 is 1.37 bits per heavy atom. The average molecular weight is 266 g/mol. The predicted octanol–water partition coefficient (Wildman–Crippen LogP) is 2.91. The molecule has 1 rings (SSSR count). The Morgan fingerprint density at radius 2 is 2.00 bits per heavy atom. The summed E-state index contributed by atoms with van der Waals surface area (Å²) in [6.45, 7) is 3.45. The lowest BCUT2D eigenvalue weighted by atomic mass is 9.83. The SMILES string of the molecule is CCC(C#N)(CC)C(=O)NCc1ccc(F)cc1F. The number of benzene rings is 1. The van der Waals surface area contributed by atoms with Crippen LogP contribution in [0.3, 0.4) is 0 Å². The molecule has 19 heavy (non-hydrogen) atoms. The van der Waals surface area contributed by atoms with E-state index in [4.69, 9.17) is 5.26 Å². The minimum absolute atomic E-state index is 0.0611. The molecule has 0 saturated carbocycles. The highest BCUT2D eigenvalue weighted by atomic mass is 19.1. The van der Waals surface area contributed by atoms with Crippen molar-refractivity contribution in [1.29, 1.82) is 5.26 Å². The van der Waals surface area contributed by atoms with Crippen LogP contribution in [0.2, 0.25) is 0 Å². The van der Waals surface area contributed by atoms with E-state index >= 15 is 0 Å². The highest BCUT2D eigenvalue weighted by Gasteiger charge is 2.34. The summed E-state index contributed by atoms with van der Waals surface area (Å²) in [4.78, 5) is 12.0. The Kier molecular flexibility index (Phi) is 4.99. The summed E-state index contributed by atoms with van der Waals surface area (Å²) in [7, 11) is 0. The summed E-state index contributed by atoms with van der Waals surface area (Å²) in [5, 5.41) is 11.6. The molecule has 0 fully saturated rings. The minimum atomic E-state index is -1.09. The fourth-order valence-corrected chi connectivity index (χ4v) is 1.79. The van der Waals surface area contributed by atoms with Crippen LogP contribution in [0.4, 0.5) is 8.78 Å². The molecule has 5 heteroatoms.